The fourth-order valence-corrected chi connectivity index (χ4v) is 3.74. The van der Waals surface area contributed by atoms with Crippen LogP contribution < -0.4 is 9.47 Å². The highest BCUT2D eigenvalue weighted by atomic mass is 16.5. The minimum Gasteiger partial charge on any atom is -0.494 e. The molecule has 0 heterocycles. The molecule has 0 bridgehead atoms. The minimum absolute atomic E-state index is 0.0198. The fraction of sp³-hybridized carbons (Fsp3) is 0.556. The van der Waals surface area contributed by atoms with E-state index in [1.54, 1.807) is 0 Å². The molecule has 29 heavy (non-hydrogen) atoms. The van der Waals surface area contributed by atoms with Crippen LogP contribution in [-0.2, 0) is 16.2 Å². The van der Waals surface area contributed by atoms with E-state index in [1.165, 1.54) is 22.3 Å². The molecule has 160 valence electrons. The number of ether oxygens (including phenoxy) is 2. The lowest BCUT2D eigenvalue weighted by Crippen LogP contribution is -2.23. The zero-order chi connectivity index (χ0) is 22.0. The van der Waals surface area contributed by atoms with Gasteiger partial charge in [-0.2, -0.15) is 0 Å². The fourth-order valence-electron chi connectivity index (χ4n) is 3.74. The van der Waals surface area contributed by atoms with Gasteiger partial charge in [-0.15, -0.1) is 0 Å². The maximum Gasteiger partial charge on any atom is 0.123 e. The second-order valence-corrected chi connectivity index (χ2v) is 10.4. The molecule has 0 aromatic heterocycles. The molecule has 2 rings (SSSR count). The van der Waals surface area contributed by atoms with Crippen molar-refractivity contribution >= 4 is 0 Å². The van der Waals surface area contributed by atoms with Gasteiger partial charge in [-0.05, 0) is 59.1 Å². The van der Waals surface area contributed by atoms with Crippen LogP contribution in [0, 0.1) is 0 Å². The zero-order valence-corrected chi connectivity index (χ0v) is 20.2. The monoisotopic (exact) mass is 396 g/mol. The van der Waals surface area contributed by atoms with E-state index in [4.69, 9.17) is 9.47 Å². The van der Waals surface area contributed by atoms with Gasteiger partial charge in [0, 0.05) is 5.41 Å². The Labute approximate surface area is 178 Å². The molecule has 2 nitrogen and oxygen atoms in total. The number of benzene rings is 2. The Morgan fingerprint density at radius 1 is 0.586 bits per heavy atom. The van der Waals surface area contributed by atoms with Gasteiger partial charge in [0.15, 0.2) is 0 Å². The molecule has 2 heteroatoms. The number of hydrogen-bond acceptors (Lipinski definition) is 2. The van der Waals surface area contributed by atoms with Crippen molar-refractivity contribution < 1.29 is 9.47 Å². The Balaban J connectivity index is 2.60. The molecule has 0 aliphatic carbocycles. The lowest BCUT2D eigenvalue weighted by Gasteiger charge is -2.32. The van der Waals surface area contributed by atoms with Crippen molar-refractivity contribution in [3.05, 3.63) is 58.7 Å². The normalized spacial score (nSPS) is 12.8. The Morgan fingerprint density at radius 3 is 1.21 bits per heavy atom. The first-order chi connectivity index (χ1) is 13.3. The maximum atomic E-state index is 5.93. The molecular weight excluding hydrogens is 356 g/mol. The molecule has 0 saturated carbocycles. The van der Waals surface area contributed by atoms with Crippen molar-refractivity contribution in [3.8, 4) is 11.5 Å². The summed E-state index contributed by atoms with van der Waals surface area (Å²) in [4.78, 5) is 0. The molecule has 2 aromatic rings. The van der Waals surface area contributed by atoms with Gasteiger partial charge in [-0.3, -0.25) is 0 Å². The molecule has 0 atom stereocenters. The number of hydrogen-bond donors (Lipinski definition) is 0. The molecule has 0 radical (unpaired) electrons. The van der Waals surface area contributed by atoms with E-state index in [0.29, 0.717) is 13.2 Å². The van der Waals surface area contributed by atoms with E-state index < -0.39 is 0 Å². The smallest absolute Gasteiger partial charge is 0.123 e. The molecular formula is C27H40O2. The summed E-state index contributed by atoms with van der Waals surface area (Å²) in [6.07, 6.45) is 0. The van der Waals surface area contributed by atoms with E-state index in [0.717, 1.165) is 11.5 Å². The van der Waals surface area contributed by atoms with Crippen LogP contribution in [0.1, 0.15) is 91.5 Å². The highest BCUT2D eigenvalue weighted by Gasteiger charge is 2.29. The SMILES string of the molecule is CCOc1ccc(C(C)(C)c2ccc(OCC)c(C(C)(C)C)c2)cc1C(C)(C)C. The van der Waals surface area contributed by atoms with Gasteiger partial charge in [0.1, 0.15) is 11.5 Å². The van der Waals surface area contributed by atoms with Crippen molar-refractivity contribution in [2.75, 3.05) is 13.2 Å². The topological polar surface area (TPSA) is 18.5 Å². The van der Waals surface area contributed by atoms with Gasteiger partial charge < -0.3 is 9.47 Å². The first-order valence-corrected chi connectivity index (χ1v) is 10.9. The third-order valence-corrected chi connectivity index (χ3v) is 5.62. The molecule has 0 spiro atoms. The van der Waals surface area contributed by atoms with Crippen molar-refractivity contribution in [1.29, 1.82) is 0 Å². The average Bonchev–Trinajstić information content (AvgIpc) is 2.61. The lowest BCUT2D eigenvalue weighted by atomic mass is 9.73. The van der Waals surface area contributed by atoms with E-state index in [-0.39, 0.29) is 16.2 Å². The molecule has 0 fully saturated rings. The number of rotatable bonds is 6. The predicted molar refractivity (Wildman–Crippen MR) is 125 cm³/mol. The quantitative estimate of drug-likeness (QED) is 0.506. The van der Waals surface area contributed by atoms with Gasteiger partial charge >= 0.3 is 0 Å². The van der Waals surface area contributed by atoms with Gasteiger partial charge in [-0.1, -0.05) is 79.7 Å². The maximum absolute atomic E-state index is 5.93. The molecule has 0 saturated heterocycles. The summed E-state index contributed by atoms with van der Waals surface area (Å²) in [5.74, 6) is 1.98. The van der Waals surface area contributed by atoms with E-state index in [1.807, 2.05) is 13.8 Å². The van der Waals surface area contributed by atoms with Crippen LogP contribution in [-0.4, -0.2) is 13.2 Å². The van der Waals surface area contributed by atoms with Gasteiger partial charge in [0.05, 0.1) is 13.2 Å². The van der Waals surface area contributed by atoms with Gasteiger partial charge in [-0.25, -0.2) is 0 Å². The van der Waals surface area contributed by atoms with Gasteiger partial charge in [0.25, 0.3) is 0 Å². The largest absolute Gasteiger partial charge is 0.494 e. The van der Waals surface area contributed by atoms with Crippen LogP contribution in [0.2, 0.25) is 0 Å². The third kappa shape index (κ3) is 5.15. The average molecular weight is 397 g/mol. The Hall–Kier alpha value is -1.96. The predicted octanol–water partition coefficient (Wildman–Crippen LogP) is 7.40. The van der Waals surface area contributed by atoms with Crippen LogP contribution >= 0.6 is 0 Å². The van der Waals surface area contributed by atoms with E-state index >= 15 is 0 Å². The molecule has 0 aliphatic rings. The first-order valence-electron chi connectivity index (χ1n) is 10.9. The third-order valence-electron chi connectivity index (χ3n) is 5.62. The second kappa shape index (κ2) is 8.42. The molecule has 0 amide bonds. The highest BCUT2D eigenvalue weighted by Crippen LogP contribution is 2.41. The van der Waals surface area contributed by atoms with E-state index in [9.17, 15) is 0 Å². The molecule has 0 N–H and O–H groups in total. The first kappa shape index (κ1) is 23.3. The van der Waals surface area contributed by atoms with Crippen LogP contribution in [0.15, 0.2) is 36.4 Å². The van der Waals surface area contributed by atoms with Gasteiger partial charge in [0.2, 0.25) is 0 Å². The summed E-state index contributed by atoms with van der Waals surface area (Å²) in [6, 6.07) is 13.4. The van der Waals surface area contributed by atoms with Crippen molar-refractivity contribution in [2.24, 2.45) is 0 Å². The Kier molecular flexibility index (Phi) is 6.77. The van der Waals surface area contributed by atoms with Crippen molar-refractivity contribution in [1.82, 2.24) is 0 Å². The Bertz CT molecular complexity index is 763. The minimum atomic E-state index is -0.129. The summed E-state index contributed by atoms with van der Waals surface area (Å²) >= 11 is 0. The van der Waals surface area contributed by atoms with Crippen molar-refractivity contribution in [3.63, 3.8) is 0 Å². The summed E-state index contributed by atoms with van der Waals surface area (Å²) in [7, 11) is 0. The zero-order valence-electron chi connectivity index (χ0n) is 20.2. The van der Waals surface area contributed by atoms with Crippen LogP contribution in [0.5, 0.6) is 11.5 Å². The van der Waals surface area contributed by atoms with E-state index in [2.05, 4.69) is 91.8 Å². The highest BCUT2D eigenvalue weighted by molar-refractivity contribution is 5.50. The summed E-state index contributed by atoms with van der Waals surface area (Å²) < 4.78 is 11.9. The molecule has 2 aromatic carbocycles. The summed E-state index contributed by atoms with van der Waals surface area (Å²) in [5, 5.41) is 0. The second-order valence-electron chi connectivity index (χ2n) is 10.4. The van der Waals surface area contributed by atoms with Crippen LogP contribution in [0.4, 0.5) is 0 Å². The molecule has 0 unspecified atom stereocenters. The van der Waals surface area contributed by atoms with Crippen LogP contribution in [0.3, 0.4) is 0 Å². The Morgan fingerprint density at radius 2 is 0.931 bits per heavy atom. The van der Waals surface area contributed by atoms with Crippen molar-refractivity contribution in [2.45, 2.75) is 85.5 Å². The molecule has 0 aliphatic heterocycles. The van der Waals surface area contributed by atoms with Crippen LogP contribution in [0.25, 0.3) is 0 Å². The standard InChI is InChI=1S/C27H40O2/c1-11-28-23-15-13-19(17-21(23)25(3,4)5)27(9,10)20-14-16-24(29-12-2)22(18-20)26(6,7)8/h13-18H,11-12H2,1-10H3. The lowest BCUT2D eigenvalue weighted by molar-refractivity contribution is 0.329. The summed E-state index contributed by atoms with van der Waals surface area (Å²) in [6.45, 7) is 23.5. The summed E-state index contributed by atoms with van der Waals surface area (Å²) in [5.41, 5.74) is 5.02.